The van der Waals surface area contributed by atoms with Crippen molar-refractivity contribution in [1.82, 2.24) is 14.5 Å². The number of hydrogen-bond acceptors (Lipinski definition) is 6. The highest BCUT2D eigenvalue weighted by molar-refractivity contribution is 5.79. The number of piperidine rings is 1. The first-order valence-electron chi connectivity index (χ1n) is 11.0. The number of likely N-dealkylation sites (tertiary alicyclic amines) is 1. The number of rotatable bonds is 8. The summed E-state index contributed by atoms with van der Waals surface area (Å²) in [6.45, 7) is 4.07. The lowest BCUT2D eigenvalue weighted by atomic mass is 10.0. The number of imidazole rings is 1. The third-order valence-electron chi connectivity index (χ3n) is 5.93. The number of benzene rings is 2. The topological polar surface area (TPSA) is 86.0 Å². The maximum Gasteiger partial charge on any atom is 0.511 e. The lowest BCUT2D eigenvalue weighted by Crippen LogP contribution is -2.34. The van der Waals surface area contributed by atoms with Gasteiger partial charge < -0.3 is 23.9 Å². The third-order valence-corrected chi connectivity index (χ3v) is 5.93. The van der Waals surface area contributed by atoms with Gasteiger partial charge in [-0.1, -0.05) is 6.07 Å². The molecule has 1 fully saturated rings. The van der Waals surface area contributed by atoms with Crippen LogP contribution < -0.4 is 14.2 Å². The van der Waals surface area contributed by atoms with Gasteiger partial charge >= 0.3 is 6.16 Å². The zero-order valence-electron chi connectivity index (χ0n) is 18.8. The Morgan fingerprint density at radius 3 is 2.67 bits per heavy atom. The second kappa shape index (κ2) is 10.1. The van der Waals surface area contributed by atoms with Crippen LogP contribution in [0.1, 0.15) is 30.3 Å². The summed E-state index contributed by atoms with van der Waals surface area (Å²) in [6.07, 6.45) is 0.609. The molecule has 2 aromatic carbocycles. The van der Waals surface area contributed by atoms with Gasteiger partial charge in [-0.15, -0.1) is 0 Å². The fourth-order valence-corrected chi connectivity index (χ4v) is 4.50. The van der Waals surface area contributed by atoms with Crippen molar-refractivity contribution in [1.29, 1.82) is 0 Å². The van der Waals surface area contributed by atoms with Crippen molar-refractivity contribution in [2.45, 2.75) is 32.4 Å². The molecule has 9 heteroatoms. The lowest BCUT2D eigenvalue weighted by Gasteiger charge is -2.33. The highest BCUT2D eigenvalue weighted by Gasteiger charge is 2.24. The number of aryl methyl sites for hydroxylation is 1. The van der Waals surface area contributed by atoms with Gasteiger partial charge in [-0.25, -0.2) is 14.2 Å². The summed E-state index contributed by atoms with van der Waals surface area (Å²) >= 11 is 0. The van der Waals surface area contributed by atoms with Crippen LogP contribution in [0.4, 0.5) is 9.18 Å². The molecule has 0 aliphatic carbocycles. The van der Waals surface area contributed by atoms with Gasteiger partial charge in [-0.05, 0) is 49.6 Å². The molecule has 0 bridgehead atoms. The van der Waals surface area contributed by atoms with Crippen LogP contribution in [0.3, 0.4) is 0 Å². The van der Waals surface area contributed by atoms with E-state index in [2.05, 4.69) is 14.5 Å². The van der Waals surface area contributed by atoms with Gasteiger partial charge in [0, 0.05) is 31.7 Å². The minimum Gasteiger partial charge on any atom is -0.493 e. The number of fused-ring (bicyclic) bond motifs is 1. The fraction of sp³-hybridized carbons (Fsp3) is 0.417. The molecule has 0 amide bonds. The minimum atomic E-state index is -1.34. The zero-order valence-corrected chi connectivity index (χ0v) is 18.8. The number of ether oxygens (including phenoxy) is 3. The standard InChI is InChI=1S/C24H28FN3O5/c1-16-26-20-14-19(33-24(29)30)4-5-21(20)28(16)18-7-10-27(11-8-18)15-17-3-6-22(31-2)23(13-17)32-12-9-25/h3-6,13-14,18H,7-12,15H2,1-2H3,(H,29,30). The van der Waals surface area contributed by atoms with Crippen molar-refractivity contribution >= 4 is 17.2 Å². The molecule has 4 rings (SSSR count). The molecule has 1 N–H and O–H groups in total. The van der Waals surface area contributed by atoms with E-state index in [1.54, 1.807) is 19.2 Å². The predicted molar refractivity (Wildman–Crippen MR) is 121 cm³/mol. The Morgan fingerprint density at radius 1 is 1.18 bits per heavy atom. The quantitative estimate of drug-likeness (QED) is 0.391. The lowest BCUT2D eigenvalue weighted by molar-refractivity contribution is 0.144. The molecule has 0 radical (unpaired) electrons. The Hall–Kier alpha value is -3.33. The Kier molecular flexibility index (Phi) is 6.98. The molecule has 0 spiro atoms. The highest BCUT2D eigenvalue weighted by atomic mass is 19.1. The molecule has 0 atom stereocenters. The van der Waals surface area contributed by atoms with E-state index in [0.717, 1.165) is 54.9 Å². The van der Waals surface area contributed by atoms with Crippen LogP contribution in [-0.2, 0) is 6.54 Å². The number of carbonyl (C=O) groups is 1. The normalized spacial score (nSPS) is 15.0. The van der Waals surface area contributed by atoms with Gasteiger partial charge in [0.1, 0.15) is 24.9 Å². The summed E-state index contributed by atoms with van der Waals surface area (Å²) in [4.78, 5) is 17.8. The van der Waals surface area contributed by atoms with Crippen LogP contribution in [0.15, 0.2) is 36.4 Å². The van der Waals surface area contributed by atoms with Crippen molar-refractivity contribution in [3.8, 4) is 17.2 Å². The van der Waals surface area contributed by atoms with Crippen molar-refractivity contribution in [3.05, 3.63) is 47.8 Å². The Morgan fingerprint density at radius 2 is 1.97 bits per heavy atom. The van der Waals surface area contributed by atoms with Crippen LogP contribution in [0.2, 0.25) is 0 Å². The average molecular weight is 458 g/mol. The van der Waals surface area contributed by atoms with E-state index >= 15 is 0 Å². The molecule has 1 saturated heterocycles. The molecule has 0 unspecified atom stereocenters. The second-order valence-corrected chi connectivity index (χ2v) is 8.08. The molecule has 8 nitrogen and oxygen atoms in total. The molecular formula is C24H28FN3O5. The molecule has 3 aromatic rings. The van der Waals surface area contributed by atoms with E-state index in [9.17, 15) is 9.18 Å². The number of halogens is 1. The van der Waals surface area contributed by atoms with Gasteiger partial charge in [-0.3, -0.25) is 4.90 Å². The Bertz CT molecular complexity index is 1120. The smallest absolute Gasteiger partial charge is 0.493 e. The molecule has 1 aliphatic rings. The minimum absolute atomic E-state index is 0.00729. The maximum atomic E-state index is 12.5. The van der Waals surface area contributed by atoms with E-state index in [-0.39, 0.29) is 12.4 Å². The maximum absolute atomic E-state index is 12.5. The molecule has 1 aromatic heterocycles. The Labute approximate surface area is 191 Å². The number of aromatic nitrogens is 2. The Balaban J connectivity index is 1.42. The fourth-order valence-electron chi connectivity index (χ4n) is 4.50. The van der Waals surface area contributed by atoms with Crippen LogP contribution in [-0.4, -0.2) is 59.2 Å². The van der Waals surface area contributed by atoms with E-state index in [1.807, 2.05) is 31.2 Å². The van der Waals surface area contributed by atoms with Gasteiger partial charge in [0.2, 0.25) is 0 Å². The largest absolute Gasteiger partial charge is 0.511 e. The van der Waals surface area contributed by atoms with E-state index in [1.165, 1.54) is 0 Å². The monoisotopic (exact) mass is 457 g/mol. The van der Waals surface area contributed by atoms with Crippen molar-refractivity contribution in [3.63, 3.8) is 0 Å². The van der Waals surface area contributed by atoms with E-state index in [0.29, 0.717) is 17.5 Å². The van der Waals surface area contributed by atoms with Gasteiger partial charge in [0.25, 0.3) is 0 Å². The zero-order chi connectivity index (χ0) is 23.4. The summed E-state index contributed by atoms with van der Waals surface area (Å²) in [5.41, 5.74) is 2.81. The molecular weight excluding hydrogens is 429 g/mol. The summed E-state index contributed by atoms with van der Waals surface area (Å²) in [5.74, 6) is 2.34. The third kappa shape index (κ3) is 5.19. The van der Waals surface area contributed by atoms with Crippen LogP contribution in [0.5, 0.6) is 17.2 Å². The molecule has 2 heterocycles. The highest BCUT2D eigenvalue weighted by Crippen LogP contribution is 2.32. The molecule has 33 heavy (non-hydrogen) atoms. The second-order valence-electron chi connectivity index (χ2n) is 8.08. The van der Waals surface area contributed by atoms with Crippen molar-refractivity contribution in [2.24, 2.45) is 0 Å². The SMILES string of the molecule is COc1ccc(CN2CCC(n3c(C)nc4cc(OC(=O)O)ccc43)CC2)cc1OCCF. The number of nitrogens with zero attached hydrogens (tertiary/aromatic N) is 3. The van der Waals surface area contributed by atoms with Crippen LogP contribution in [0, 0.1) is 6.92 Å². The van der Waals surface area contributed by atoms with Crippen molar-refractivity contribution in [2.75, 3.05) is 33.5 Å². The summed E-state index contributed by atoms with van der Waals surface area (Å²) in [6, 6.07) is 11.3. The van der Waals surface area contributed by atoms with Gasteiger partial charge in [0.15, 0.2) is 11.5 Å². The number of methoxy groups -OCH3 is 1. The molecule has 1 aliphatic heterocycles. The average Bonchev–Trinajstić information content (AvgIpc) is 3.13. The number of carboxylic acid groups (broad SMARTS) is 1. The number of alkyl halides is 1. The molecule has 0 saturated carbocycles. The summed E-state index contributed by atoms with van der Waals surface area (Å²) in [7, 11) is 1.57. The van der Waals surface area contributed by atoms with E-state index in [4.69, 9.17) is 19.3 Å². The summed E-state index contributed by atoms with van der Waals surface area (Å²) in [5, 5.41) is 8.83. The van der Waals surface area contributed by atoms with Crippen LogP contribution in [0.25, 0.3) is 11.0 Å². The summed E-state index contributed by atoms with van der Waals surface area (Å²) < 4.78 is 30.3. The first-order chi connectivity index (χ1) is 16.0. The first kappa shape index (κ1) is 22.8. The van der Waals surface area contributed by atoms with Crippen molar-refractivity contribution < 1.29 is 28.5 Å². The predicted octanol–water partition coefficient (Wildman–Crippen LogP) is 4.60. The van der Waals surface area contributed by atoms with Gasteiger partial charge in [-0.2, -0.15) is 0 Å². The van der Waals surface area contributed by atoms with Crippen LogP contribution >= 0.6 is 0 Å². The van der Waals surface area contributed by atoms with Gasteiger partial charge in [0.05, 0.1) is 18.1 Å². The van der Waals surface area contributed by atoms with E-state index < -0.39 is 12.8 Å². The molecule has 176 valence electrons. The first-order valence-corrected chi connectivity index (χ1v) is 11.0. The number of hydrogen-bond donors (Lipinski definition) is 1.